The number of aliphatic hydroxyl groups excluding tert-OH is 1. The lowest BCUT2D eigenvalue weighted by molar-refractivity contribution is 0.228. The van der Waals surface area contributed by atoms with E-state index in [-0.39, 0.29) is 6.61 Å². The predicted octanol–water partition coefficient (Wildman–Crippen LogP) is 2.43. The molecule has 13 heavy (non-hydrogen) atoms. The summed E-state index contributed by atoms with van der Waals surface area (Å²) >= 11 is 0. The lowest BCUT2D eigenvalue weighted by Crippen LogP contribution is -2.09. The lowest BCUT2D eigenvalue weighted by Gasteiger charge is -2.16. The standard InChI is InChI=1S/C12H14O/c1-9(8-13)11-7-6-10-4-2-3-5-12(10)11/h2-7,9,11,13H,8H2,1H3. The highest BCUT2D eigenvalue weighted by molar-refractivity contribution is 5.62. The van der Waals surface area contributed by atoms with Gasteiger partial charge in [-0.2, -0.15) is 0 Å². The van der Waals surface area contributed by atoms with Crippen LogP contribution in [0.3, 0.4) is 0 Å². The van der Waals surface area contributed by atoms with Crippen LogP contribution < -0.4 is 0 Å². The van der Waals surface area contributed by atoms with Gasteiger partial charge in [0.2, 0.25) is 0 Å². The average molecular weight is 174 g/mol. The molecule has 68 valence electrons. The van der Waals surface area contributed by atoms with E-state index >= 15 is 0 Å². The maximum Gasteiger partial charge on any atom is 0.0465 e. The van der Waals surface area contributed by atoms with Gasteiger partial charge in [0.05, 0.1) is 0 Å². The Balaban J connectivity index is 2.33. The summed E-state index contributed by atoms with van der Waals surface area (Å²) in [5, 5.41) is 9.09. The molecule has 0 radical (unpaired) electrons. The van der Waals surface area contributed by atoms with Crippen LogP contribution in [0.25, 0.3) is 6.08 Å². The SMILES string of the molecule is CC(CO)C1C=Cc2ccccc21. The molecule has 1 N–H and O–H groups in total. The van der Waals surface area contributed by atoms with E-state index < -0.39 is 0 Å². The van der Waals surface area contributed by atoms with Crippen molar-refractivity contribution in [3.05, 3.63) is 41.5 Å². The van der Waals surface area contributed by atoms with Crippen molar-refractivity contribution in [3.8, 4) is 0 Å². The Kier molecular flexibility index (Phi) is 2.19. The fourth-order valence-corrected chi connectivity index (χ4v) is 1.89. The second-order valence-electron chi connectivity index (χ2n) is 3.67. The first-order valence-electron chi connectivity index (χ1n) is 4.71. The molecule has 0 amide bonds. The molecule has 0 bridgehead atoms. The quantitative estimate of drug-likeness (QED) is 0.730. The Morgan fingerprint density at radius 1 is 1.38 bits per heavy atom. The van der Waals surface area contributed by atoms with Crippen LogP contribution in [0.2, 0.25) is 0 Å². The number of hydrogen-bond donors (Lipinski definition) is 1. The molecule has 0 spiro atoms. The van der Waals surface area contributed by atoms with Crippen LogP contribution in [0.1, 0.15) is 24.0 Å². The van der Waals surface area contributed by atoms with E-state index in [4.69, 9.17) is 5.11 Å². The van der Waals surface area contributed by atoms with Crippen LogP contribution in [0.5, 0.6) is 0 Å². The Morgan fingerprint density at radius 3 is 2.92 bits per heavy atom. The van der Waals surface area contributed by atoms with E-state index in [0.29, 0.717) is 11.8 Å². The molecule has 2 unspecified atom stereocenters. The maximum atomic E-state index is 9.09. The minimum Gasteiger partial charge on any atom is -0.396 e. The summed E-state index contributed by atoms with van der Waals surface area (Å²) in [7, 11) is 0. The predicted molar refractivity (Wildman–Crippen MR) is 54.5 cm³/mol. The number of hydrogen-bond acceptors (Lipinski definition) is 1. The monoisotopic (exact) mass is 174 g/mol. The van der Waals surface area contributed by atoms with Crippen molar-refractivity contribution in [1.29, 1.82) is 0 Å². The largest absolute Gasteiger partial charge is 0.396 e. The van der Waals surface area contributed by atoms with Crippen LogP contribution in [0.15, 0.2) is 30.3 Å². The third-order valence-electron chi connectivity index (χ3n) is 2.74. The zero-order chi connectivity index (χ0) is 9.26. The van der Waals surface area contributed by atoms with Gasteiger partial charge < -0.3 is 5.11 Å². The van der Waals surface area contributed by atoms with Gasteiger partial charge in [-0.25, -0.2) is 0 Å². The van der Waals surface area contributed by atoms with Crippen molar-refractivity contribution in [2.45, 2.75) is 12.8 Å². The smallest absolute Gasteiger partial charge is 0.0465 e. The van der Waals surface area contributed by atoms with Crippen molar-refractivity contribution in [2.24, 2.45) is 5.92 Å². The Morgan fingerprint density at radius 2 is 2.15 bits per heavy atom. The summed E-state index contributed by atoms with van der Waals surface area (Å²) in [6, 6.07) is 8.38. The molecule has 2 rings (SSSR count). The summed E-state index contributed by atoms with van der Waals surface area (Å²) in [6.45, 7) is 2.33. The van der Waals surface area contributed by atoms with E-state index in [0.717, 1.165) is 0 Å². The molecule has 1 aromatic carbocycles. The zero-order valence-corrected chi connectivity index (χ0v) is 7.77. The first-order valence-corrected chi connectivity index (χ1v) is 4.71. The number of rotatable bonds is 2. The molecule has 2 atom stereocenters. The highest BCUT2D eigenvalue weighted by Crippen LogP contribution is 2.34. The van der Waals surface area contributed by atoms with Crippen molar-refractivity contribution < 1.29 is 5.11 Å². The molecule has 0 fully saturated rings. The van der Waals surface area contributed by atoms with E-state index in [9.17, 15) is 0 Å². The Bertz CT molecular complexity index is 328. The highest BCUT2D eigenvalue weighted by Gasteiger charge is 2.21. The van der Waals surface area contributed by atoms with Crippen LogP contribution in [0.4, 0.5) is 0 Å². The fraction of sp³-hybridized carbons (Fsp3) is 0.333. The van der Waals surface area contributed by atoms with Crippen molar-refractivity contribution in [1.82, 2.24) is 0 Å². The Hall–Kier alpha value is -1.08. The normalized spacial score (nSPS) is 21.5. The van der Waals surface area contributed by atoms with Gasteiger partial charge in [0.25, 0.3) is 0 Å². The van der Waals surface area contributed by atoms with Gasteiger partial charge in [0.1, 0.15) is 0 Å². The molecule has 0 aromatic heterocycles. The van der Waals surface area contributed by atoms with Crippen LogP contribution >= 0.6 is 0 Å². The van der Waals surface area contributed by atoms with Crippen LogP contribution in [-0.4, -0.2) is 11.7 Å². The van der Waals surface area contributed by atoms with Crippen LogP contribution in [-0.2, 0) is 0 Å². The van der Waals surface area contributed by atoms with E-state index in [1.165, 1.54) is 11.1 Å². The van der Waals surface area contributed by atoms with E-state index in [1.54, 1.807) is 0 Å². The second-order valence-corrected chi connectivity index (χ2v) is 3.67. The van der Waals surface area contributed by atoms with Crippen LogP contribution in [0, 0.1) is 5.92 Å². The molecule has 0 heterocycles. The molecule has 0 saturated carbocycles. The topological polar surface area (TPSA) is 20.2 Å². The summed E-state index contributed by atoms with van der Waals surface area (Å²) in [4.78, 5) is 0. The molecule has 0 saturated heterocycles. The third-order valence-corrected chi connectivity index (χ3v) is 2.74. The van der Waals surface area contributed by atoms with Gasteiger partial charge in [-0.15, -0.1) is 0 Å². The average Bonchev–Trinajstić information content (AvgIpc) is 2.60. The number of aliphatic hydroxyl groups is 1. The summed E-state index contributed by atoms with van der Waals surface area (Å²) in [5.41, 5.74) is 2.65. The molecular weight excluding hydrogens is 160 g/mol. The van der Waals surface area contributed by atoms with Crippen molar-refractivity contribution >= 4 is 6.08 Å². The zero-order valence-electron chi connectivity index (χ0n) is 7.77. The Labute approximate surface area is 78.7 Å². The minimum atomic E-state index is 0.253. The highest BCUT2D eigenvalue weighted by atomic mass is 16.3. The summed E-state index contributed by atoms with van der Waals surface area (Å²) in [5.74, 6) is 0.723. The minimum absolute atomic E-state index is 0.253. The van der Waals surface area contributed by atoms with Gasteiger partial charge in [-0.3, -0.25) is 0 Å². The maximum absolute atomic E-state index is 9.09. The summed E-state index contributed by atoms with van der Waals surface area (Å²) in [6.07, 6.45) is 4.33. The second kappa shape index (κ2) is 3.35. The molecule has 1 heteroatoms. The van der Waals surface area contributed by atoms with Crippen molar-refractivity contribution in [2.75, 3.05) is 6.61 Å². The van der Waals surface area contributed by atoms with Gasteiger partial charge in [0.15, 0.2) is 0 Å². The number of benzene rings is 1. The van der Waals surface area contributed by atoms with E-state index in [2.05, 4.69) is 43.3 Å². The van der Waals surface area contributed by atoms with Gasteiger partial charge >= 0.3 is 0 Å². The summed E-state index contributed by atoms with van der Waals surface area (Å²) < 4.78 is 0. The fourth-order valence-electron chi connectivity index (χ4n) is 1.89. The molecule has 1 aromatic rings. The van der Waals surface area contributed by atoms with Gasteiger partial charge in [0, 0.05) is 12.5 Å². The third kappa shape index (κ3) is 1.40. The first kappa shape index (κ1) is 8.52. The lowest BCUT2D eigenvalue weighted by atomic mass is 9.90. The van der Waals surface area contributed by atoms with Gasteiger partial charge in [-0.1, -0.05) is 43.3 Å². The first-order chi connectivity index (χ1) is 6.33. The molecule has 1 nitrogen and oxygen atoms in total. The van der Waals surface area contributed by atoms with Crippen molar-refractivity contribution in [3.63, 3.8) is 0 Å². The molecular formula is C12H14O. The number of fused-ring (bicyclic) bond motifs is 1. The molecule has 1 aliphatic rings. The molecule has 1 aliphatic carbocycles. The van der Waals surface area contributed by atoms with E-state index in [1.807, 2.05) is 0 Å². The molecule has 0 aliphatic heterocycles. The number of allylic oxidation sites excluding steroid dienone is 1. The van der Waals surface area contributed by atoms with Gasteiger partial charge in [-0.05, 0) is 17.0 Å².